The fourth-order valence-electron chi connectivity index (χ4n) is 1.62. The number of rotatable bonds is 3. The van der Waals surface area contributed by atoms with E-state index in [9.17, 15) is 13.6 Å². The van der Waals surface area contributed by atoms with E-state index in [1.807, 2.05) is 0 Å². The summed E-state index contributed by atoms with van der Waals surface area (Å²) >= 11 is 11.6. The molecular formula is C13H7Cl2F2NO2. The molecule has 7 heteroatoms. The molecule has 1 heterocycles. The number of aliphatic carboxylic acids is 1. The zero-order valence-corrected chi connectivity index (χ0v) is 11.3. The van der Waals surface area contributed by atoms with Crippen molar-refractivity contribution in [3.8, 4) is 11.3 Å². The van der Waals surface area contributed by atoms with Gasteiger partial charge >= 0.3 is 5.97 Å². The molecule has 0 atom stereocenters. The first kappa shape index (κ1) is 14.7. The molecule has 2 aromatic rings. The number of hydrogen-bond acceptors (Lipinski definition) is 2. The molecule has 1 aromatic heterocycles. The van der Waals surface area contributed by atoms with Crippen LogP contribution in [-0.2, 0) is 11.2 Å². The number of nitrogens with zero attached hydrogens (tertiary/aromatic N) is 1. The molecule has 0 aliphatic carbocycles. The van der Waals surface area contributed by atoms with E-state index in [4.69, 9.17) is 28.3 Å². The molecule has 1 N–H and O–H groups in total. The Morgan fingerprint density at radius 2 is 1.85 bits per heavy atom. The molecule has 0 fully saturated rings. The Morgan fingerprint density at radius 1 is 1.15 bits per heavy atom. The van der Waals surface area contributed by atoms with Crippen LogP contribution in [0.3, 0.4) is 0 Å². The van der Waals surface area contributed by atoms with Crippen LogP contribution in [-0.4, -0.2) is 16.1 Å². The SMILES string of the molecule is O=C(O)Cc1nc(-c2ccc(Cl)c(Cl)c2)c(F)cc1F. The van der Waals surface area contributed by atoms with Gasteiger partial charge in [0.05, 0.1) is 22.2 Å². The average Bonchev–Trinajstić information content (AvgIpc) is 2.36. The summed E-state index contributed by atoms with van der Waals surface area (Å²) in [7, 11) is 0. The molecule has 0 unspecified atom stereocenters. The first-order valence-corrected chi connectivity index (χ1v) is 6.16. The highest BCUT2D eigenvalue weighted by atomic mass is 35.5. The van der Waals surface area contributed by atoms with Gasteiger partial charge in [0.1, 0.15) is 11.5 Å². The van der Waals surface area contributed by atoms with Crippen LogP contribution in [0.4, 0.5) is 8.78 Å². The minimum absolute atomic E-state index is 0.179. The predicted molar refractivity (Wildman–Crippen MR) is 70.9 cm³/mol. The molecule has 0 aliphatic heterocycles. The molecule has 0 saturated carbocycles. The lowest BCUT2D eigenvalue weighted by molar-refractivity contribution is -0.136. The first-order chi connectivity index (χ1) is 9.38. The Bertz CT molecular complexity index is 692. The predicted octanol–water partition coefficient (Wildman–Crippen LogP) is 3.96. The highest BCUT2D eigenvalue weighted by Gasteiger charge is 2.16. The van der Waals surface area contributed by atoms with Crippen LogP contribution >= 0.6 is 23.2 Å². The summed E-state index contributed by atoms with van der Waals surface area (Å²) in [4.78, 5) is 14.3. The average molecular weight is 318 g/mol. The largest absolute Gasteiger partial charge is 0.481 e. The number of pyridine rings is 1. The maximum Gasteiger partial charge on any atom is 0.309 e. The van der Waals surface area contributed by atoms with Gasteiger partial charge in [-0.1, -0.05) is 29.3 Å². The van der Waals surface area contributed by atoms with Crippen LogP contribution in [0.25, 0.3) is 11.3 Å². The number of carboxylic acids is 1. The number of halogens is 4. The highest BCUT2D eigenvalue weighted by Crippen LogP contribution is 2.29. The maximum atomic E-state index is 13.8. The van der Waals surface area contributed by atoms with E-state index in [2.05, 4.69) is 4.98 Å². The van der Waals surface area contributed by atoms with E-state index in [0.717, 1.165) is 0 Å². The summed E-state index contributed by atoms with van der Waals surface area (Å²) in [5, 5.41) is 9.13. The van der Waals surface area contributed by atoms with Gasteiger partial charge in [0.2, 0.25) is 0 Å². The van der Waals surface area contributed by atoms with E-state index >= 15 is 0 Å². The number of hydrogen-bond donors (Lipinski definition) is 1. The second-order valence-corrected chi connectivity index (χ2v) is 4.76. The van der Waals surface area contributed by atoms with Crippen molar-refractivity contribution >= 4 is 29.2 Å². The van der Waals surface area contributed by atoms with Gasteiger partial charge < -0.3 is 5.11 Å². The van der Waals surface area contributed by atoms with Gasteiger partial charge in [0.15, 0.2) is 5.82 Å². The molecule has 3 nitrogen and oxygen atoms in total. The Morgan fingerprint density at radius 3 is 2.45 bits per heavy atom. The quantitative estimate of drug-likeness (QED) is 0.932. The normalized spacial score (nSPS) is 10.6. The van der Waals surface area contributed by atoms with Crippen molar-refractivity contribution < 1.29 is 18.7 Å². The van der Waals surface area contributed by atoms with E-state index in [-0.39, 0.29) is 27.0 Å². The summed E-state index contributed by atoms with van der Waals surface area (Å²) in [6.07, 6.45) is -0.638. The monoisotopic (exact) mass is 317 g/mol. The lowest BCUT2D eigenvalue weighted by Crippen LogP contribution is -2.07. The fourth-order valence-corrected chi connectivity index (χ4v) is 1.92. The van der Waals surface area contributed by atoms with Gasteiger partial charge in [-0.2, -0.15) is 0 Å². The Kier molecular flexibility index (Phi) is 4.20. The van der Waals surface area contributed by atoms with Crippen molar-refractivity contribution in [2.75, 3.05) is 0 Å². The standard InChI is InChI=1S/C13H7Cl2F2NO2/c14-7-2-1-6(3-8(7)15)13-10(17)4-9(16)11(18-13)5-12(19)20/h1-4H,5H2,(H,19,20). The number of aromatic nitrogens is 1. The van der Waals surface area contributed by atoms with Crippen LogP contribution in [0, 0.1) is 11.6 Å². The third-order valence-corrected chi connectivity index (χ3v) is 3.25. The zero-order chi connectivity index (χ0) is 14.9. The molecular weight excluding hydrogens is 311 g/mol. The maximum absolute atomic E-state index is 13.8. The summed E-state index contributed by atoms with van der Waals surface area (Å²) in [5.41, 5.74) is -0.246. The molecule has 0 saturated heterocycles. The van der Waals surface area contributed by atoms with E-state index in [1.54, 1.807) is 0 Å². The Hall–Kier alpha value is -1.72. The Balaban J connectivity index is 2.55. The van der Waals surface area contributed by atoms with E-state index in [0.29, 0.717) is 6.07 Å². The molecule has 104 valence electrons. The second-order valence-electron chi connectivity index (χ2n) is 3.95. The van der Waals surface area contributed by atoms with Gasteiger partial charge in [0, 0.05) is 11.6 Å². The van der Waals surface area contributed by atoms with Crippen LogP contribution in [0.5, 0.6) is 0 Å². The summed E-state index contributed by atoms with van der Waals surface area (Å²) in [5.74, 6) is -3.17. The van der Waals surface area contributed by atoms with Gasteiger partial charge in [-0.3, -0.25) is 4.79 Å². The molecule has 0 aliphatic rings. The lowest BCUT2D eigenvalue weighted by Gasteiger charge is -2.07. The molecule has 1 aromatic carbocycles. The lowest BCUT2D eigenvalue weighted by atomic mass is 10.1. The van der Waals surface area contributed by atoms with E-state index < -0.39 is 24.0 Å². The smallest absolute Gasteiger partial charge is 0.309 e. The van der Waals surface area contributed by atoms with Crippen molar-refractivity contribution in [3.63, 3.8) is 0 Å². The number of carboxylic acid groups (broad SMARTS) is 1. The van der Waals surface area contributed by atoms with Crippen molar-refractivity contribution in [2.24, 2.45) is 0 Å². The fraction of sp³-hybridized carbons (Fsp3) is 0.0769. The number of carbonyl (C=O) groups is 1. The first-order valence-electron chi connectivity index (χ1n) is 5.40. The van der Waals surface area contributed by atoms with Crippen molar-refractivity contribution in [1.29, 1.82) is 0 Å². The minimum atomic E-state index is -1.26. The van der Waals surface area contributed by atoms with Gasteiger partial charge in [0.25, 0.3) is 0 Å². The van der Waals surface area contributed by atoms with Gasteiger partial charge in [-0.25, -0.2) is 13.8 Å². The second kappa shape index (κ2) is 5.73. The van der Waals surface area contributed by atoms with E-state index in [1.165, 1.54) is 18.2 Å². The molecule has 20 heavy (non-hydrogen) atoms. The molecule has 0 radical (unpaired) electrons. The Labute approximate surface area is 122 Å². The third-order valence-electron chi connectivity index (χ3n) is 2.51. The van der Waals surface area contributed by atoms with Crippen molar-refractivity contribution in [2.45, 2.75) is 6.42 Å². The van der Waals surface area contributed by atoms with Crippen LogP contribution < -0.4 is 0 Å². The molecule has 0 amide bonds. The molecule has 0 bridgehead atoms. The summed E-state index contributed by atoms with van der Waals surface area (Å²) < 4.78 is 27.2. The zero-order valence-electron chi connectivity index (χ0n) is 9.83. The topological polar surface area (TPSA) is 50.2 Å². The van der Waals surface area contributed by atoms with Crippen molar-refractivity contribution in [3.05, 3.63) is 51.6 Å². The van der Waals surface area contributed by atoms with Crippen LogP contribution in [0.1, 0.15) is 5.69 Å². The van der Waals surface area contributed by atoms with Gasteiger partial charge in [-0.15, -0.1) is 0 Å². The number of benzene rings is 1. The summed E-state index contributed by atoms with van der Waals surface area (Å²) in [6.45, 7) is 0. The molecule has 2 rings (SSSR count). The molecule has 0 spiro atoms. The summed E-state index contributed by atoms with van der Waals surface area (Å²) in [6, 6.07) is 4.88. The third kappa shape index (κ3) is 3.05. The van der Waals surface area contributed by atoms with Crippen molar-refractivity contribution in [1.82, 2.24) is 4.98 Å². The van der Waals surface area contributed by atoms with Gasteiger partial charge in [-0.05, 0) is 12.1 Å². The highest BCUT2D eigenvalue weighted by molar-refractivity contribution is 6.42. The van der Waals surface area contributed by atoms with Crippen LogP contribution in [0.2, 0.25) is 10.0 Å². The minimum Gasteiger partial charge on any atom is -0.481 e. The van der Waals surface area contributed by atoms with Crippen LogP contribution in [0.15, 0.2) is 24.3 Å².